The lowest BCUT2D eigenvalue weighted by Crippen LogP contribution is -2.07. The zero-order valence-electron chi connectivity index (χ0n) is 13.7. The van der Waals surface area contributed by atoms with E-state index in [1.165, 1.54) is 0 Å². The first-order valence-electron chi connectivity index (χ1n) is 7.93. The third-order valence-corrected chi connectivity index (χ3v) is 4.13. The van der Waals surface area contributed by atoms with E-state index in [-0.39, 0.29) is 0 Å². The van der Waals surface area contributed by atoms with Crippen molar-refractivity contribution >= 4 is 27.6 Å². The summed E-state index contributed by atoms with van der Waals surface area (Å²) in [7, 11) is 1.57. The normalized spacial score (nSPS) is 10.9. The fraction of sp³-hybridized carbons (Fsp3) is 0.100. The number of ether oxygens (including phenoxy) is 1. The maximum atomic E-state index is 12.5. The van der Waals surface area contributed by atoms with Crippen LogP contribution in [-0.2, 0) is 6.54 Å². The zero-order chi connectivity index (χ0) is 17.2. The molecule has 25 heavy (non-hydrogen) atoms. The maximum Gasteiger partial charge on any atom is 0.347 e. The largest absolute Gasteiger partial charge is 0.497 e. The van der Waals surface area contributed by atoms with Gasteiger partial charge in [-0.1, -0.05) is 30.3 Å². The van der Waals surface area contributed by atoms with Gasteiger partial charge in [0, 0.05) is 24.2 Å². The first kappa shape index (κ1) is 15.2. The molecule has 124 valence electrons. The average Bonchev–Trinajstić information content (AvgIpc) is 2.66. The lowest BCUT2D eigenvalue weighted by Gasteiger charge is -2.10. The van der Waals surface area contributed by atoms with Crippen LogP contribution < -0.4 is 15.7 Å². The Balaban J connectivity index is 1.83. The standard InChI is InChI=1S/C20H16N2O3/c1-24-14-7-8-15-17(11-14)25-20(23)18-16(9-10-21-19(15)18)22-12-13-5-3-2-4-6-13/h2-11H,12H2,1H3,(H,21,22). The molecule has 0 radical (unpaired) electrons. The molecule has 0 unspecified atom stereocenters. The molecule has 0 saturated heterocycles. The topological polar surface area (TPSA) is 64.4 Å². The van der Waals surface area contributed by atoms with Crippen LogP contribution in [0.4, 0.5) is 5.69 Å². The van der Waals surface area contributed by atoms with Crippen LogP contribution in [0.3, 0.4) is 0 Å². The monoisotopic (exact) mass is 332 g/mol. The van der Waals surface area contributed by atoms with Crippen molar-refractivity contribution < 1.29 is 9.15 Å². The molecular formula is C20H16N2O3. The SMILES string of the molecule is COc1ccc2c(c1)oc(=O)c1c(NCc3ccccc3)ccnc12. The van der Waals surface area contributed by atoms with Crippen molar-refractivity contribution in [1.29, 1.82) is 0 Å². The number of hydrogen-bond donors (Lipinski definition) is 1. The molecule has 0 saturated carbocycles. The Kier molecular flexibility index (Phi) is 3.82. The lowest BCUT2D eigenvalue weighted by atomic mass is 10.1. The van der Waals surface area contributed by atoms with E-state index in [1.54, 1.807) is 25.4 Å². The zero-order valence-corrected chi connectivity index (χ0v) is 13.7. The van der Waals surface area contributed by atoms with E-state index in [0.717, 1.165) is 10.9 Å². The van der Waals surface area contributed by atoms with Crippen molar-refractivity contribution in [2.45, 2.75) is 6.54 Å². The number of fused-ring (bicyclic) bond motifs is 3. The van der Waals surface area contributed by atoms with E-state index in [2.05, 4.69) is 10.3 Å². The number of nitrogens with zero attached hydrogens (tertiary/aromatic N) is 1. The predicted octanol–water partition coefficient (Wildman–Crippen LogP) is 3.96. The minimum Gasteiger partial charge on any atom is -0.497 e. The smallest absolute Gasteiger partial charge is 0.347 e. The molecule has 2 aromatic heterocycles. The minimum absolute atomic E-state index is 0.417. The van der Waals surface area contributed by atoms with Gasteiger partial charge in [0.05, 0.1) is 18.3 Å². The number of hydrogen-bond acceptors (Lipinski definition) is 5. The van der Waals surface area contributed by atoms with Gasteiger partial charge >= 0.3 is 5.63 Å². The molecule has 0 fully saturated rings. The summed E-state index contributed by atoms with van der Waals surface area (Å²) in [4.78, 5) is 16.9. The molecule has 5 nitrogen and oxygen atoms in total. The van der Waals surface area contributed by atoms with E-state index >= 15 is 0 Å². The first-order valence-corrected chi connectivity index (χ1v) is 7.93. The molecule has 0 amide bonds. The number of rotatable bonds is 4. The summed E-state index contributed by atoms with van der Waals surface area (Å²) < 4.78 is 10.7. The fourth-order valence-electron chi connectivity index (χ4n) is 2.87. The van der Waals surface area contributed by atoms with Gasteiger partial charge in [0.15, 0.2) is 0 Å². The van der Waals surface area contributed by atoms with E-state index in [4.69, 9.17) is 9.15 Å². The highest BCUT2D eigenvalue weighted by Crippen LogP contribution is 2.28. The summed E-state index contributed by atoms with van der Waals surface area (Å²) >= 11 is 0. The Morgan fingerprint density at radius 1 is 1.12 bits per heavy atom. The van der Waals surface area contributed by atoms with Crippen molar-refractivity contribution in [1.82, 2.24) is 4.98 Å². The molecule has 0 spiro atoms. The van der Waals surface area contributed by atoms with Gasteiger partial charge in [-0.15, -0.1) is 0 Å². The van der Waals surface area contributed by atoms with Gasteiger partial charge in [-0.25, -0.2) is 4.79 Å². The molecule has 0 bridgehead atoms. The minimum atomic E-state index is -0.417. The molecule has 2 heterocycles. The average molecular weight is 332 g/mol. The number of nitrogens with one attached hydrogen (secondary N) is 1. The van der Waals surface area contributed by atoms with E-state index in [0.29, 0.717) is 34.5 Å². The number of anilines is 1. The molecule has 0 aliphatic carbocycles. The van der Waals surface area contributed by atoms with Crippen LogP contribution in [0.5, 0.6) is 5.75 Å². The molecule has 4 rings (SSSR count). The number of benzene rings is 2. The molecule has 0 aliphatic heterocycles. The van der Waals surface area contributed by atoms with Crippen molar-refractivity contribution in [2.24, 2.45) is 0 Å². The molecular weight excluding hydrogens is 316 g/mol. The highest BCUT2D eigenvalue weighted by molar-refractivity contribution is 6.06. The van der Waals surface area contributed by atoms with Gasteiger partial charge in [-0.05, 0) is 23.8 Å². The quantitative estimate of drug-likeness (QED) is 0.453. The third kappa shape index (κ3) is 2.80. The van der Waals surface area contributed by atoms with E-state index in [9.17, 15) is 4.79 Å². The van der Waals surface area contributed by atoms with Crippen molar-refractivity contribution in [2.75, 3.05) is 12.4 Å². The molecule has 1 N–H and O–H groups in total. The fourth-order valence-corrected chi connectivity index (χ4v) is 2.87. The Hall–Kier alpha value is -3.34. The second-order valence-corrected chi connectivity index (χ2v) is 5.67. The lowest BCUT2D eigenvalue weighted by molar-refractivity contribution is 0.414. The van der Waals surface area contributed by atoms with Gasteiger partial charge in [-0.2, -0.15) is 0 Å². The highest BCUT2D eigenvalue weighted by atomic mass is 16.5. The van der Waals surface area contributed by atoms with Crippen LogP contribution in [0.25, 0.3) is 21.9 Å². The van der Waals surface area contributed by atoms with Gasteiger partial charge in [-0.3, -0.25) is 4.98 Å². The van der Waals surface area contributed by atoms with Crippen LogP contribution in [0, 0.1) is 0 Å². The van der Waals surface area contributed by atoms with Crippen LogP contribution in [-0.4, -0.2) is 12.1 Å². The summed E-state index contributed by atoms with van der Waals surface area (Å²) in [6, 6.07) is 17.2. The summed E-state index contributed by atoms with van der Waals surface area (Å²) in [6.45, 7) is 0.611. The molecule has 4 aromatic rings. The van der Waals surface area contributed by atoms with Crippen LogP contribution >= 0.6 is 0 Å². The van der Waals surface area contributed by atoms with Crippen LogP contribution in [0.1, 0.15) is 5.56 Å². The van der Waals surface area contributed by atoms with E-state index < -0.39 is 5.63 Å². The maximum absolute atomic E-state index is 12.5. The summed E-state index contributed by atoms with van der Waals surface area (Å²) in [5.74, 6) is 0.633. The van der Waals surface area contributed by atoms with Gasteiger partial charge in [0.25, 0.3) is 0 Å². The molecule has 0 aliphatic rings. The van der Waals surface area contributed by atoms with Gasteiger partial charge in [0.2, 0.25) is 0 Å². The van der Waals surface area contributed by atoms with Gasteiger partial charge < -0.3 is 14.5 Å². The van der Waals surface area contributed by atoms with Crippen molar-refractivity contribution in [3.05, 3.63) is 76.8 Å². The number of aromatic nitrogens is 1. The first-order chi connectivity index (χ1) is 12.3. The Labute approximate surface area is 143 Å². The van der Waals surface area contributed by atoms with Crippen LogP contribution in [0.15, 0.2) is 70.0 Å². The molecule has 0 atom stereocenters. The van der Waals surface area contributed by atoms with Crippen molar-refractivity contribution in [3.63, 3.8) is 0 Å². The number of methoxy groups -OCH3 is 1. The summed E-state index contributed by atoms with van der Waals surface area (Å²) in [5.41, 5.74) is 2.50. The van der Waals surface area contributed by atoms with E-state index in [1.807, 2.05) is 42.5 Å². The summed E-state index contributed by atoms with van der Waals surface area (Å²) in [6.07, 6.45) is 1.69. The van der Waals surface area contributed by atoms with Gasteiger partial charge in [0.1, 0.15) is 16.7 Å². The second kappa shape index (κ2) is 6.28. The third-order valence-electron chi connectivity index (χ3n) is 4.13. The highest BCUT2D eigenvalue weighted by Gasteiger charge is 2.13. The second-order valence-electron chi connectivity index (χ2n) is 5.67. The molecule has 2 aromatic carbocycles. The Bertz CT molecular complexity index is 1100. The van der Waals surface area contributed by atoms with Crippen LogP contribution in [0.2, 0.25) is 0 Å². The van der Waals surface area contributed by atoms with Crippen molar-refractivity contribution in [3.8, 4) is 5.75 Å². The Morgan fingerprint density at radius 3 is 2.76 bits per heavy atom. The summed E-state index contributed by atoms with van der Waals surface area (Å²) in [5, 5.41) is 4.54. The number of pyridine rings is 1. The predicted molar refractivity (Wildman–Crippen MR) is 98.1 cm³/mol. The molecule has 5 heteroatoms. The Morgan fingerprint density at radius 2 is 1.96 bits per heavy atom.